The smallest absolute Gasteiger partial charge is 0.261 e. The number of imidazole rings is 1. The van der Waals surface area contributed by atoms with Gasteiger partial charge in [-0.3, -0.25) is 0 Å². The van der Waals surface area contributed by atoms with Gasteiger partial charge >= 0.3 is 0 Å². The fourth-order valence-electron chi connectivity index (χ4n) is 2.05. The van der Waals surface area contributed by atoms with Crippen molar-refractivity contribution in [1.82, 2.24) is 14.3 Å². The molecule has 0 bridgehead atoms. The molecule has 0 amide bonds. The number of halogens is 1. The predicted octanol–water partition coefficient (Wildman–Crippen LogP) is 2.75. The van der Waals surface area contributed by atoms with Gasteiger partial charge in [0.05, 0.1) is 6.33 Å². The minimum Gasteiger partial charge on any atom is -0.324 e. The maximum Gasteiger partial charge on any atom is 0.261 e. The first kappa shape index (κ1) is 16.0. The maximum atomic E-state index is 12.5. The SMILES string of the molecule is CC(C)C(NS(=O)(=O)c1ncn(C)c1Cl)c1ccccc1. The predicted molar refractivity (Wildman–Crippen MR) is 82.6 cm³/mol. The molecule has 5 nitrogen and oxygen atoms in total. The highest BCUT2D eigenvalue weighted by Crippen LogP contribution is 2.26. The topological polar surface area (TPSA) is 64.0 Å². The number of aryl methyl sites for hydroxylation is 1. The summed E-state index contributed by atoms with van der Waals surface area (Å²) in [5.41, 5.74) is 0.906. The van der Waals surface area contributed by atoms with Crippen molar-refractivity contribution in [3.63, 3.8) is 0 Å². The summed E-state index contributed by atoms with van der Waals surface area (Å²) >= 11 is 5.98. The Kier molecular flexibility index (Phi) is 4.70. The quantitative estimate of drug-likeness (QED) is 0.918. The average molecular weight is 328 g/mol. The van der Waals surface area contributed by atoms with Crippen LogP contribution in [0.3, 0.4) is 0 Å². The molecule has 2 aromatic rings. The van der Waals surface area contributed by atoms with Crippen LogP contribution in [0.15, 0.2) is 41.7 Å². The monoisotopic (exact) mass is 327 g/mol. The Hall–Kier alpha value is -1.37. The molecule has 114 valence electrons. The number of rotatable bonds is 5. The molecule has 0 aliphatic rings. The lowest BCUT2D eigenvalue weighted by atomic mass is 9.97. The zero-order valence-corrected chi connectivity index (χ0v) is 13.7. The number of sulfonamides is 1. The molecule has 0 aliphatic heterocycles. The van der Waals surface area contributed by atoms with E-state index in [-0.39, 0.29) is 22.1 Å². The molecule has 0 aliphatic carbocycles. The highest BCUT2D eigenvalue weighted by atomic mass is 35.5. The molecule has 0 fully saturated rings. The molecule has 7 heteroatoms. The van der Waals surface area contributed by atoms with Crippen LogP contribution in [0.4, 0.5) is 0 Å². The van der Waals surface area contributed by atoms with E-state index in [1.165, 1.54) is 10.9 Å². The van der Waals surface area contributed by atoms with Gasteiger partial charge in [-0.25, -0.2) is 18.1 Å². The Balaban J connectivity index is 2.35. The average Bonchev–Trinajstić information content (AvgIpc) is 2.78. The number of benzene rings is 1. The summed E-state index contributed by atoms with van der Waals surface area (Å²) in [6, 6.07) is 9.11. The van der Waals surface area contributed by atoms with Crippen LogP contribution in [0.2, 0.25) is 5.15 Å². The lowest BCUT2D eigenvalue weighted by molar-refractivity contribution is 0.462. The van der Waals surface area contributed by atoms with Gasteiger partial charge in [-0.15, -0.1) is 0 Å². The lowest BCUT2D eigenvalue weighted by Gasteiger charge is -2.22. The number of aromatic nitrogens is 2. The van der Waals surface area contributed by atoms with Gasteiger partial charge in [0.25, 0.3) is 10.0 Å². The van der Waals surface area contributed by atoms with E-state index >= 15 is 0 Å². The molecule has 1 atom stereocenters. The largest absolute Gasteiger partial charge is 0.324 e. The van der Waals surface area contributed by atoms with Gasteiger partial charge in [0, 0.05) is 13.1 Å². The highest BCUT2D eigenvalue weighted by molar-refractivity contribution is 7.89. The van der Waals surface area contributed by atoms with Crippen LogP contribution in [0.5, 0.6) is 0 Å². The highest BCUT2D eigenvalue weighted by Gasteiger charge is 2.28. The van der Waals surface area contributed by atoms with E-state index in [4.69, 9.17) is 11.6 Å². The van der Waals surface area contributed by atoms with Crippen molar-refractivity contribution >= 4 is 21.6 Å². The molecule has 1 N–H and O–H groups in total. The Morgan fingerprint density at radius 2 is 1.86 bits per heavy atom. The van der Waals surface area contributed by atoms with E-state index in [1.54, 1.807) is 7.05 Å². The summed E-state index contributed by atoms with van der Waals surface area (Å²) < 4.78 is 29.1. The van der Waals surface area contributed by atoms with Crippen LogP contribution < -0.4 is 4.72 Å². The van der Waals surface area contributed by atoms with Crippen molar-refractivity contribution in [1.29, 1.82) is 0 Å². The van der Waals surface area contributed by atoms with Crippen molar-refractivity contribution in [2.45, 2.75) is 24.9 Å². The Labute approximate surface area is 130 Å². The second-order valence-corrected chi connectivity index (χ2v) is 7.19. The molecular weight excluding hydrogens is 310 g/mol. The molecular formula is C14H18ClN3O2S. The molecule has 0 saturated heterocycles. The molecule has 1 aromatic heterocycles. The summed E-state index contributed by atoms with van der Waals surface area (Å²) in [7, 11) is -2.13. The molecule has 0 saturated carbocycles. The summed E-state index contributed by atoms with van der Waals surface area (Å²) in [4.78, 5) is 3.87. The van der Waals surface area contributed by atoms with Gasteiger partial charge in [-0.2, -0.15) is 0 Å². The summed E-state index contributed by atoms with van der Waals surface area (Å²) in [5, 5.41) is -0.0497. The van der Waals surface area contributed by atoms with Gasteiger partial charge in [0.2, 0.25) is 5.03 Å². The van der Waals surface area contributed by atoms with Crippen molar-refractivity contribution in [3.05, 3.63) is 47.4 Å². The van der Waals surface area contributed by atoms with E-state index in [0.29, 0.717) is 0 Å². The third-order valence-corrected chi connectivity index (χ3v) is 5.13. The number of hydrogen-bond donors (Lipinski definition) is 1. The molecule has 0 radical (unpaired) electrons. The fourth-order valence-corrected chi connectivity index (χ4v) is 3.85. The zero-order chi connectivity index (χ0) is 15.6. The van der Waals surface area contributed by atoms with Gasteiger partial charge in [-0.05, 0) is 11.5 Å². The van der Waals surface area contributed by atoms with Crippen LogP contribution in [0.25, 0.3) is 0 Å². The molecule has 1 unspecified atom stereocenters. The molecule has 1 heterocycles. The number of nitrogens with one attached hydrogen (secondary N) is 1. The van der Waals surface area contributed by atoms with Gasteiger partial charge in [-0.1, -0.05) is 55.8 Å². The van der Waals surface area contributed by atoms with Gasteiger partial charge in [0.1, 0.15) is 5.15 Å². The fraction of sp³-hybridized carbons (Fsp3) is 0.357. The molecule has 1 aromatic carbocycles. The summed E-state index contributed by atoms with van der Waals surface area (Å²) in [5.74, 6) is 0.0877. The Bertz CT molecular complexity index is 711. The van der Waals surface area contributed by atoms with E-state index in [9.17, 15) is 8.42 Å². The molecule has 21 heavy (non-hydrogen) atoms. The van der Waals surface area contributed by atoms with Crippen LogP contribution in [0, 0.1) is 5.92 Å². The Morgan fingerprint density at radius 1 is 1.24 bits per heavy atom. The Morgan fingerprint density at radius 3 is 2.33 bits per heavy atom. The third-order valence-electron chi connectivity index (χ3n) is 3.20. The molecule has 0 spiro atoms. The normalized spacial score (nSPS) is 13.6. The van der Waals surface area contributed by atoms with E-state index < -0.39 is 10.0 Å². The minimum absolute atomic E-state index is 0.0877. The van der Waals surface area contributed by atoms with Crippen LogP contribution >= 0.6 is 11.6 Å². The van der Waals surface area contributed by atoms with E-state index in [2.05, 4.69) is 9.71 Å². The van der Waals surface area contributed by atoms with E-state index in [1.807, 2.05) is 44.2 Å². The first-order valence-corrected chi connectivity index (χ1v) is 8.43. The number of hydrogen-bond acceptors (Lipinski definition) is 3. The summed E-state index contributed by atoms with van der Waals surface area (Å²) in [6.45, 7) is 3.92. The van der Waals surface area contributed by atoms with Gasteiger partial charge < -0.3 is 4.57 Å². The van der Waals surface area contributed by atoms with Crippen LogP contribution in [0.1, 0.15) is 25.5 Å². The summed E-state index contributed by atoms with van der Waals surface area (Å²) in [6.07, 6.45) is 1.38. The second kappa shape index (κ2) is 6.17. The first-order valence-electron chi connectivity index (χ1n) is 6.57. The van der Waals surface area contributed by atoms with Gasteiger partial charge in [0.15, 0.2) is 0 Å². The third kappa shape index (κ3) is 3.45. The maximum absolute atomic E-state index is 12.5. The van der Waals surface area contributed by atoms with Crippen molar-refractivity contribution < 1.29 is 8.42 Å². The lowest BCUT2D eigenvalue weighted by Crippen LogP contribution is -2.32. The van der Waals surface area contributed by atoms with Crippen LogP contribution in [-0.2, 0) is 17.1 Å². The minimum atomic E-state index is -3.78. The van der Waals surface area contributed by atoms with Crippen molar-refractivity contribution in [3.8, 4) is 0 Å². The zero-order valence-electron chi connectivity index (χ0n) is 12.1. The standard InChI is InChI=1S/C14H18ClN3O2S/c1-10(2)12(11-7-5-4-6-8-11)17-21(19,20)14-13(15)18(3)9-16-14/h4-10,12,17H,1-3H3. The number of nitrogens with zero attached hydrogens (tertiary/aromatic N) is 2. The molecule has 2 rings (SSSR count). The van der Waals surface area contributed by atoms with E-state index in [0.717, 1.165) is 5.56 Å². The van der Waals surface area contributed by atoms with Crippen molar-refractivity contribution in [2.75, 3.05) is 0 Å². The van der Waals surface area contributed by atoms with Crippen molar-refractivity contribution in [2.24, 2.45) is 13.0 Å². The van der Waals surface area contributed by atoms with Crippen LogP contribution in [-0.4, -0.2) is 18.0 Å². The second-order valence-electron chi connectivity index (χ2n) is 5.21. The first-order chi connectivity index (χ1) is 9.83.